The van der Waals surface area contributed by atoms with Crippen molar-refractivity contribution in [2.45, 2.75) is 41.6 Å². The van der Waals surface area contributed by atoms with Crippen molar-refractivity contribution in [3.8, 4) is 0 Å². The predicted molar refractivity (Wildman–Crippen MR) is 98.7 cm³/mol. The fourth-order valence-electron chi connectivity index (χ4n) is 3.14. The van der Waals surface area contributed by atoms with Crippen LogP contribution in [-0.2, 0) is 4.79 Å². The van der Waals surface area contributed by atoms with Crippen LogP contribution in [0.25, 0.3) is 0 Å². The van der Waals surface area contributed by atoms with E-state index in [1.54, 1.807) is 24.2 Å². The molecule has 0 bridgehead atoms. The van der Waals surface area contributed by atoms with E-state index in [0.717, 1.165) is 54.5 Å². The van der Waals surface area contributed by atoms with Gasteiger partial charge < -0.3 is 10.2 Å². The molecule has 2 fully saturated rings. The number of anilines is 1. The number of aromatic nitrogens is 2. The Morgan fingerprint density at radius 1 is 1.12 bits per heavy atom. The average Bonchev–Trinajstić information content (AvgIpc) is 3.47. The van der Waals surface area contributed by atoms with Gasteiger partial charge in [0.25, 0.3) is 0 Å². The molecule has 5 nitrogen and oxygen atoms in total. The number of nitrogens with zero attached hydrogens (tertiary/aromatic N) is 3. The van der Waals surface area contributed by atoms with Gasteiger partial charge in [-0.25, -0.2) is 9.97 Å². The summed E-state index contributed by atoms with van der Waals surface area (Å²) in [6, 6.07) is 10.6. The first-order chi connectivity index (χ1) is 12.3. The van der Waals surface area contributed by atoms with Gasteiger partial charge in [0.2, 0.25) is 5.91 Å². The number of carbonyl (C=O) groups excluding carboxylic acids is 1. The second-order valence-electron chi connectivity index (χ2n) is 6.67. The lowest BCUT2D eigenvalue weighted by atomic mass is 9.97. The Balaban J connectivity index is 1.49. The largest absolute Gasteiger partial charge is 0.354 e. The molecule has 130 valence electrons. The third-order valence-electron chi connectivity index (χ3n) is 4.62. The van der Waals surface area contributed by atoms with Gasteiger partial charge in [-0.15, -0.1) is 0 Å². The Kier molecular flexibility index (Phi) is 4.88. The van der Waals surface area contributed by atoms with Gasteiger partial charge in [-0.3, -0.25) is 4.79 Å². The van der Waals surface area contributed by atoms with Gasteiger partial charge in [-0.1, -0.05) is 30.0 Å². The van der Waals surface area contributed by atoms with Crippen LogP contribution < -0.4 is 10.2 Å². The standard InChI is InChI=1S/C19H22N4OS/c24-18(22-15-8-9-15)14-5-4-12-23(13-14)17-19(21-11-10-20-17)25-16-6-2-1-3-7-16/h1-3,6-7,10-11,14-15H,4-5,8-9,12-13H2,(H,22,24). The zero-order chi connectivity index (χ0) is 17.1. The molecule has 1 atom stereocenters. The average molecular weight is 354 g/mol. The Labute approximate surface area is 152 Å². The van der Waals surface area contributed by atoms with E-state index in [9.17, 15) is 4.79 Å². The van der Waals surface area contributed by atoms with E-state index in [4.69, 9.17) is 0 Å². The van der Waals surface area contributed by atoms with Gasteiger partial charge in [0.15, 0.2) is 5.82 Å². The van der Waals surface area contributed by atoms with E-state index in [2.05, 4.69) is 32.3 Å². The lowest BCUT2D eigenvalue weighted by Gasteiger charge is -2.33. The molecule has 2 aliphatic rings. The molecule has 2 aromatic rings. The van der Waals surface area contributed by atoms with E-state index < -0.39 is 0 Å². The first kappa shape index (κ1) is 16.4. The summed E-state index contributed by atoms with van der Waals surface area (Å²) in [6.07, 6.45) is 7.69. The first-order valence-corrected chi connectivity index (χ1v) is 9.70. The summed E-state index contributed by atoms with van der Waals surface area (Å²) < 4.78 is 0. The molecule has 1 N–H and O–H groups in total. The lowest BCUT2D eigenvalue weighted by Crippen LogP contribution is -2.44. The predicted octanol–water partition coefficient (Wildman–Crippen LogP) is 3.12. The molecule has 2 heterocycles. The third-order valence-corrected chi connectivity index (χ3v) is 5.61. The number of piperidine rings is 1. The second-order valence-corrected chi connectivity index (χ2v) is 7.73. The number of rotatable bonds is 5. The molecule has 1 amide bonds. The van der Waals surface area contributed by atoms with Crippen LogP contribution in [0.4, 0.5) is 5.82 Å². The van der Waals surface area contributed by atoms with E-state index in [1.165, 1.54) is 0 Å². The lowest BCUT2D eigenvalue weighted by molar-refractivity contribution is -0.125. The van der Waals surface area contributed by atoms with Gasteiger partial charge in [-0.2, -0.15) is 0 Å². The number of hydrogen-bond donors (Lipinski definition) is 1. The topological polar surface area (TPSA) is 58.1 Å². The van der Waals surface area contributed by atoms with Crippen molar-refractivity contribution in [2.24, 2.45) is 5.92 Å². The molecular weight excluding hydrogens is 332 g/mol. The highest BCUT2D eigenvalue weighted by Gasteiger charge is 2.31. The van der Waals surface area contributed by atoms with Crippen LogP contribution in [0.1, 0.15) is 25.7 Å². The molecule has 4 rings (SSSR count). The molecule has 1 aliphatic heterocycles. The number of amides is 1. The Morgan fingerprint density at radius 2 is 1.92 bits per heavy atom. The van der Waals surface area contributed by atoms with Crippen molar-refractivity contribution in [2.75, 3.05) is 18.0 Å². The van der Waals surface area contributed by atoms with Crippen LogP contribution in [0.15, 0.2) is 52.6 Å². The maximum atomic E-state index is 12.4. The monoisotopic (exact) mass is 354 g/mol. The maximum absolute atomic E-state index is 12.4. The summed E-state index contributed by atoms with van der Waals surface area (Å²) in [4.78, 5) is 24.9. The molecule has 1 aromatic heterocycles. The minimum Gasteiger partial charge on any atom is -0.354 e. The van der Waals surface area contributed by atoms with E-state index in [1.807, 2.05) is 18.2 Å². The molecule has 1 saturated carbocycles. The smallest absolute Gasteiger partial charge is 0.225 e. The first-order valence-electron chi connectivity index (χ1n) is 8.89. The summed E-state index contributed by atoms with van der Waals surface area (Å²) in [5, 5.41) is 4.04. The highest BCUT2D eigenvalue weighted by Crippen LogP contribution is 2.34. The normalized spacial score (nSPS) is 20.3. The minimum atomic E-state index is 0.0472. The molecule has 1 unspecified atom stereocenters. The number of hydrogen-bond acceptors (Lipinski definition) is 5. The van der Waals surface area contributed by atoms with Crippen LogP contribution in [-0.4, -0.2) is 35.0 Å². The third kappa shape index (κ3) is 4.12. The zero-order valence-corrected chi connectivity index (χ0v) is 14.9. The van der Waals surface area contributed by atoms with Crippen molar-refractivity contribution < 1.29 is 4.79 Å². The summed E-state index contributed by atoms with van der Waals surface area (Å²) in [5.41, 5.74) is 0. The van der Waals surface area contributed by atoms with Crippen molar-refractivity contribution in [1.29, 1.82) is 0 Å². The van der Waals surface area contributed by atoms with Gasteiger partial charge in [0.1, 0.15) is 5.03 Å². The van der Waals surface area contributed by atoms with Crippen LogP contribution in [0.2, 0.25) is 0 Å². The van der Waals surface area contributed by atoms with E-state index in [0.29, 0.717) is 6.04 Å². The Bertz CT molecular complexity index is 735. The Morgan fingerprint density at radius 3 is 2.72 bits per heavy atom. The number of carbonyl (C=O) groups is 1. The molecule has 25 heavy (non-hydrogen) atoms. The van der Waals surface area contributed by atoms with Crippen molar-refractivity contribution >= 4 is 23.5 Å². The SMILES string of the molecule is O=C(NC1CC1)C1CCCN(c2nccnc2Sc2ccccc2)C1. The number of benzene rings is 1. The van der Waals surface area contributed by atoms with Crippen molar-refractivity contribution in [3.05, 3.63) is 42.7 Å². The fourth-order valence-corrected chi connectivity index (χ4v) is 4.04. The molecule has 1 aromatic carbocycles. The molecule has 1 saturated heterocycles. The summed E-state index contributed by atoms with van der Waals surface area (Å²) in [6.45, 7) is 1.65. The van der Waals surface area contributed by atoms with Gasteiger partial charge in [0, 0.05) is 36.4 Å². The van der Waals surface area contributed by atoms with Crippen molar-refractivity contribution in [1.82, 2.24) is 15.3 Å². The van der Waals surface area contributed by atoms with Crippen molar-refractivity contribution in [3.63, 3.8) is 0 Å². The van der Waals surface area contributed by atoms with Gasteiger partial charge in [-0.05, 0) is 37.8 Å². The zero-order valence-electron chi connectivity index (χ0n) is 14.1. The summed E-state index contributed by atoms with van der Waals surface area (Å²) in [7, 11) is 0. The van der Waals surface area contributed by atoms with Crippen LogP contribution in [0.3, 0.4) is 0 Å². The summed E-state index contributed by atoms with van der Waals surface area (Å²) >= 11 is 1.62. The molecule has 6 heteroatoms. The molecule has 0 radical (unpaired) electrons. The maximum Gasteiger partial charge on any atom is 0.225 e. The van der Waals surface area contributed by atoms with E-state index in [-0.39, 0.29) is 11.8 Å². The molecular formula is C19H22N4OS. The summed E-state index contributed by atoms with van der Waals surface area (Å²) in [5.74, 6) is 1.14. The molecule has 1 aliphatic carbocycles. The van der Waals surface area contributed by atoms with Crippen LogP contribution >= 0.6 is 11.8 Å². The highest BCUT2D eigenvalue weighted by atomic mass is 32.2. The highest BCUT2D eigenvalue weighted by molar-refractivity contribution is 7.99. The van der Waals surface area contributed by atoms with Gasteiger partial charge >= 0.3 is 0 Å². The number of nitrogens with one attached hydrogen (secondary N) is 1. The fraction of sp³-hybridized carbons (Fsp3) is 0.421. The van der Waals surface area contributed by atoms with Crippen LogP contribution in [0, 0.1) is 5.92 Å². The van der Waals surface area contributed by atoms with Crippen LogP contribution in [0.5, 0.6) is 0 Å². The Hall–Kier alpha value is -2.08. The quantitative estimate of drug-likeness (QED) is 0.894. The minimum absolute atomic E-state index is 0.0472. The van der Waals surface area contributed by atoms with E-state index >= 15 is 0 Å². The molecule has 0 spiro atoms. The van der Waals surface area contributed by atoms with Gasteiger partial charge in [0.05, 0.1) is 5.92 Å². The second kappa shape index (κ2) is 7.44.